The zero-order chi connectivity index (χ0) is 13.3. The summed E-state index contributed by atoms with van der Waals surface area (Å²) >= 11 is 0. The molecular weight excluding hydrogens is 240 g/mol. The lowest BCUT2D eigenvalue weighted by molar-refractivity contribution is -0.143. The van der Waals surface area contributed by atoms with Crippen LogP contribution in [-0.4, -0.2) is 58.1 Å². The molecule has 1 N–H and O–H groups in total. The number of carbonyl (C=O) groups is 1. The average molecular weight is 270 g/mol. The first kappa shape index (κ1) is 16.4. The van der Waals surface area contributed by atoms with Gasteiger partial charge in [-0.2, -0.15) is 0 Å². The maximum Gasteiger partial charge on any atom is 0.320 e. The van der Waals surface area contributed by atoms with Gasteiger partial charge in [-0.1, -0.05) is 7.43 Å². The van der Waals surface area contributed by atoms with Crippen molar-refractivity contribution in [2.45, 2.75) is 71.5 Å². The highest BCUT2D eigenvalue weighted by molar-refractivity contribution is 5.73. The summed E-state index contributed by atoms with van der Waals surface area (Å²) in [5.41, 5.74) is 0.238. The van der Waals surface area contributed by atoms with E-state index >= 15 is 0 Å². The molecule has 2 saturated heterocycles. The third-order valence-electron chi connectivity index (χ3n) is 4.46. The molecule has 2 rings (SSSR count). The van der Waals surface area contributed by atoms with Gasteiger partial charge in [0.2, 0.25) is 0 Å². The van der Waals surface area contributed by atoms with Crippen LogP contribution in [0.25, 0.3) is 0 Å². The Morgan fingerprint density at radius 1 is 1.11 bits per heavy atom. The van der Waals surface area contributed by atoms with Crippen molar-refractivity contribution < 1.29 is 9.90 Å². The van der Waals surface area contributed by atoms with E-state index in [1.165, 1.54) is 0 Å². The van der Waals surface area contributed by atoms with Crippen molar-refractivity contribution in [3.8, 4) is 0 Å². The van der Waals surface area contributed by atoms with E-state index in [-0.39, 0.29) is 19.0 Å². The third-order valence-corrected chi connectivity index (χ3v) is 4.46. The Labute approximate surface area is 117 Å². The molecule has 0 aromatic heterocycles. The average Bonchev–Trinajstić information content (AvgIpc) is 2.77. The molecule has 19 heavy (non-hydrogen) atoms. The molecule has 0 bridgehead atoms. The number of nitrogens with zero attached hydrogens (tertiary/aromatic N) is 2. The summed E-state index contributed by atoms with van der Waals surface area (Å²) in [4.78, 5) is 16.0. The number of carboxylic acids is 1. The van der Waals surface area contributed by atoms with Crippen molar-refractivity contribution in [1.29, 1.82) is 0 Å². The highest BCUT2D eigenvalue weighted by Crippen LogP contribution is 2.28. The molecule has 4 heteroatoms. The summed E-state index contributed by atoms with van der Waals surface area (Å²) in [7, 11) is 0. The van der Waals surface area contributed by atoms with Gasteiger partial charge in [0.15, 0.2) is 0 Å². The molecule has 2 heterocycles. The van der Waals surface area contributed by atoms with E-state index in [1.54, 1.807) is 0 Å². The Bertz CT molecular complexity index is 304. The van der Waals surface area contributed by atoms with Crippen LogP contribution in [0.3, 0.4) is 0 Å². The first-order chi connectivity index (χ1) is 8.39. The third kappa shape index (κ3) is 3.69. The lowest BCUT2D eigenvalue weighted by atomic mass is 9.96. The number of hydrogen-bond donors (Lipinski definition) is 1. The van der Waals surface area contributed by atoms with E-state index in [0.29, 0.717) is 6.04 Å². The Balaban J connectivity index is 0.00000180. The van der Waals surface area contributed by atoms with E-state index in [2.05, 4.69) is 30.6 Å². The maximum absolute atomic E-state index is 11.2. The van der Waals surface area contributed by atoms with Gasteiger partial charge in [-0.05, 0) is 53.0 Å². The number of likely N-dealkylation sites (tertiary alicyclic amines) is 2. The van der Waals surface area contributed by atoms with Crippen molar-refractivity contribution in [3.63, 3.8) is 0 Å². The second kappa shape index (κ2) is 6.23. The Morgan fingerprint density at radius 3 is 2.16 bits per heavy atom. The van der Waals surface area contributed by atoms with Crippen LogP contribution < -0.4 is 0 Å². The number of rotatable bonds is 2. The zero-order valence-electron chi connectivity index (χ0n) is 11.9. The molecule has 0 aromatic carbocycles. The number of hydrogen-bond acceptors (Lipinski definition) is 3. The minimum absolute atomic E-state index is 0. The summed E-state index contributed by atoms with van der Waals surface area (Å²) in [6, 6.07) is 0.253. The molecular formula is C15H30N2O2. The summed E-state index contributed by atoms with van der Waals surface area (Å²) < 4.78 is 0. The molecule has 2 aliphatic rings. The summed E-state index contributed by atoms with van der Waals surface area (Å²) in [5.74, 6) is -0.634. The standard InChI is InChI=1S/C14H26N2O2.CH4/c1-14(2,3)15-9-6-11(7-10-15)16-8-4-5-12(16)13(17)18;/h11-12H,4-10H2,1-3H3,(H,17,18);1H4. The van der Waals surface area contributed by atoms with Crippen LogP contribution in [0.5, 0.6) is 0 Å². The number of aliphatic carboxylic acids is 1. The van der Waals surface area contributed by atoms with Gasteiger partial charge in [-0.3, -0.25) is 14.6 Å². The largest absolute Gasteiger partial charge is 0.480 e. The second-order valence-corrected chi connectivity index (χ2v) is 6.62. The van der Waals surface area contributed by atoms with Crippen LogP contribution in [0.4, 0.5) is 0 Å². The molecule has 0 spiro atoms. The molecule has 0 amide bonds. The van der Waals surface area contributed by atoms with Crippen LogP contribution in [0.15, 0.2) is 0 Å². The van der Waals surface area contributed by atoms with Gasteiger partial charge in [0.05, 0.1) is 0 Å². The Hall–Kier alpha value is -0.610. The SMILES string of the molecule is C.CC(C)(C)N1CCC(N2CCCC2C(=O)O)CC1. The Morgan fingerprint density at radius 2 is 1.68 bits per heavy atom. The summed E-state index contributed by atoms with van der Waals surface area (Å²) in [5, 5.41) is 9.24. The molecule has 2 aliphatic heterocycles. The molecule has 0 saturated carbocycles. The smallest absolute Gasteiger partial charge is 0.320 e. The molecule has 0 aliphatic carbocycles. The number of piperidine rings is 1. The minimum Gasteiger partial charge on any atom is -0.480 e. The quantitative estimate of drug-likeness (QED) is 0.837. The molecule has 1 atom stereocenters. The van der Waals surface area contributed by atoms with Crippen molar-refractivity contribution in [2.75, 3.05) is 19.6 Å². The summed E-state index contributed by atoms with van der Waals surface area (Å²) in [6.45, 7) is 9.92. The predicted molar refractivity (Wildman–Crippen MR) is 78.4 cm³/mol. The first-order valence-corrected chi connectivity index (χ1v) is 7.13. The van der Waals surface area contributed by atoms with Crippen LogP contribution in [-0.2, 0) is 4.79 Å². The zero-order valence-corrected chi connectivity index (χ0v) is 11.9. The maximum atomic E-state index is 11.2. The van der Waals surface area contributed by atoms with E-state index in [0.717, 1.165) is 45.3 Å². The van der Waals surface area contributed by atoms with E-state index in [4.69, 9.17) is 0 Å². The lowest BCUT2D eigenvalue weighted by Gasteiger charge is -2.43. The number of carboxylic acid groups (broad SMARTS) is 1. The van der Waals surface area contributed by atoms with Crippen LogP contribution in [0.2, 0.25) is 0 Å². The van der Waals surface area contributed by atoms with Gasteiger partial charge in [-0.15, -0.1) is 0 Å². The van der Waals surface area contributed by atoms with Crippen molar-refractivity contribution in [3.05, 3.63) is 0 Å². The van der Waals surface area contributed by atoms with Crippen LogP contribution in [0, 0.1) is 0 Å². The minimum atomic E-state index is -0.634. The fourth-order valence-electron chi connectivity index (χ4n) is 3.36. The van der Waals surface area contributed by atoms with Gasteiger partial charge in [0.25, 0.3) is 0 Å². The van der Waals surface area contributed by atoms with Crippen LogP contribution in [0.1, 0.15) is 53.9 Å². The van der Waals surface area contributed by atoms with Crippen molar-refractivity contribution in [2.24, 2.45) is 0 Å². The van der Waals surface area contributed by atoms with Gasteiger partial charge >= 0.3 is 5.97 Å². The molecule has 0 aromatic rings. The highest BCUT2D eigenvalue weighted by Gasteiger charge is 2.37. The molecule has 4 nitrogen and oxygen atoms in total. The second-order valence-electron chi connectivity index (χ2n) is 6.62. The molecule has 1 unspecified atom stereocenters. The monoisotopic (exact) mass is 270 g/mol. The highest BCUT2D eigenvalue weighted by atomic mass is 16.4. The van der Waals surface area contributed by atoms with Gasteiger partial charge in [0, 0.05) is 24.7 Å². The topological polar surface area (TPSA) is 43.8 Å². The van der Waals surface area contributed by atoms with E-state index in [1.807, 2.05) is 0 Å². The molecule has 0 radical (unpaired) electrons. The normalized spacial score (nSPS) is 27.2. The Kier molecular flexibility index (Phi) is 5.39. The van der Waals surface area contributed by atoms with Gasteiger partial charge in [-0.25, -0.2) is 0 Å². The van der Waals surface area contributed by atoms with E-state index < -0.39 is 5.97 Å². The van der Waals surface area contributed by atoms with Crippen molar-refractivity contribution in [1.82, 2.24) is 9.80 Å². The fourth-order valence-corrected chi connectivity index (χ4v) is 3.36. The molecule has 2 fully saturated rings. The van der Waals surface area contributed by atoms with Crippen LogP contribution >= 0.6 is 0 Å². The summed E-state index contributed by atoms with van der Waals surface area (Å²) in [6.07, 6.45) is 4.09. The fraction of sp³-hybridized carbons (Fsp3) is 0.933. The lowest BCUT2D eigenvalue weighted by Crippen LogP contribution is -2.52. The van der Waals surface area contributed by atoms with Gasteiger partial charge < -0.3 is 5.11 Å². The predicted octanol–water partition coefficient (Wildman–Crippen LogP) is 2.43. The molecule has 112 valence electrons. The van der Waals surface area contributed by atoms with Gasteiger partial charge in [0.1, 0.15) is 6.04 Å². The van der Waals surface area contributed by atoms with Crippen molar-refractivity contribution >= 4 is 5.97 Å². The van der Waals surface area contributed by atoms with E-state index in [9.17, 15) is 9.90 Å². The first-order valence-electron chi connectivity index (χ1n) is 7.13.